The van der Waals surface area contributed by atoms with Crippen LogP contribution in [0.5, 0.6) is 0 Å². The van der Waals surface area contributed by atoms with Crippen LogP contribution in [0.1, 0.15) is 19.3 Å². The molecule has 3 rings (SSSR count). The lowest BCUT2D eigenvalue weighted by Crippen LogP contribution is -2.14. The number of rotatable bonds is 0. The summed E-state index contributed by atoms with van der Waals surface area (Å²) in [4.78, 5) is 0. The summed E-state index contributed by atoms with van der Waals surface area (Å²) in [7, 11) is 0. The van der Waals surface area contributed by atoms with Crippen LogP contribution in [0.3, 0.4) is 0 Å². The highest BCUT2D eigenvalue weighted by atomic mass is 14.7. The van der Waals surface area contributed by atoms with Gasteiger partial charge in [-0.15, -0.1) is 0 Å². The lowest BCUT2D eigenvalue weighted by atomic mass is 9.82. The summed E-state index contributed by atoms with van der Waals surface area (Å²) in [5, 5.41) is 0. The molecule has 0 heteroatoms. The Labute approximate surface area is 43.9 Å². The van der Waals surface area contributed by atoms with Crippen molar-refractivity contribution < 1.29 is 0 Å². The summed E-state index contributed by atoms with van der Waals surface area (Å²) in [5.41, 5.74) is 0. The molecule has 0 heterocycles. The van der Waals surface area contributed by atoms with E-state index < -0.39 is 0 Å². The largest absolute Gasteiger partial charge is 0.0499 e. The summed E-state index contributed by atoms with van der Waals surface area (Å²) in [5.74, 6) is 5.03. The van der Waals surface area contributed by atoms with Gasteiger partial charge in [0.25, 0.3) is 0 Å². The molecule has 7 heavy (non-hydrogen) atoms. The molecule has 4 atom stereocenters. The predicted octanol–water partition coefficient (Wildman–Crippen LogP) is 1.66. The first kappa shape index (κ1) is 3.11. The van der Waals surface area contributed by atoms with Gasteiger partial charge in [0, 0.05) is 0 Å². The van der Waals surface area contributed by atoms with Crippen molar-refractivity contribution in [3.63, 3.8) is 0 Å². The minimum atomic E-state index is 1.23. The molecular weight excluding hydrogens is 84.1 g/mol. The van der Waals surface area contributed by atoms with E-state index >= 15 is 0 Å². The van der Waals surface area contributed by atoms with Crippen LogP contribution in [0, 0.1) is 23.7 Å². The Morgan fingerprint density at radius 2 is 2.00 bits per heavy atom. The minimum absolute atomic E-state index is 1.23. The predicted molar refractivity (Wildman–Crippen MR) is 27.8 cm³/mol. The Bertz CT molecular complexity index is 104. The maximum absolute atomic E-state index is 1.62. The molecule has 38 valence electrons. The van der Waals surface area contributed by atoms with Gasteiger partial charge in [0.2, 0.25) is 0 Å². The van der Waals surface area contributed by atoms with Gasteiger partial charge in [0.05, 0.1) is 0 Å². The molecule has 3 saturated carbocycles. The van der Waals surface area contributed by atoms with Gasteiger partial charge in [0.15, 0.2) is 0 Å². The summed E-state index contributed by atoms with van der Waals surface area (Å²) >= 11 is 0. The highest BCUT2D eigenvalue weighted by molar-refractivity contribution is 5.14. The average molecular weight is 94.2 g/mol. The van der Waals surface area contributed by atoms with Gasteiger partial charge in [-0.2, -0.15) is 0 Å². The van der Waals surface area contributed by atoms with Crippen LogP contribution in [0.15, 0.2) is 0 Å². The maximum atomic E-state index is 1.62. The smallest absolute Gasteiger partial charge is 0.0323 e. The fraction of sp³-hybridized carbons (Fsp3) is 1.00. The van der Waals surface area contributed by atoms with E-state index in [1.165, 1.54) is 23.7 Å². The number of fused-ring (bicyclic) bond motifs is 1. The molecule has 0 radical (unpaired) electrons. The van der Waals surface area contributed by atoms with Crippen molar-refractivity contribution in [2.24, 2.45) is 23.7 Å². The SMILES string of the molecule is C1C[C@H]2CC3C1C32. The van der Waals surface area contributed by atoms with E-state index in [0.717, 1.165) is 0 Å². The van der Waals surface area contributed by atoms with E-state index in [2.05, 4.69) is 0 Å². The van der Waals surface area contributed by atoms with E-state index in [1.54, 1.807) is 19.3 Å². The number of hydrogen-bond donors (Lipinski definition) is 0. The van der Waals surface area contributed by atoms with Crippen molar-refractivity contribution in [3.8, 4) is 0 Å². The first-order valence-corrected chi connectivity index (χ1v) is 3.47. The summed E-state index contributed by atoms with van der Waals surface area (Å²) < 4.78 is 0. The quantitative estimate of drug-likeness (QED) is 0.428. The highest BCUT2D eigenvalue weighted by Crippen LogP contribution is 2.72. The zero-order valence-corrected chi connectivity index (χ0v) is 4.43. The van der Waals surface area contributed by atoms with Crippen molar-refractivity contribution in [2.45, 2.75) is 19.3 Å². The summed E-state index contributed by atoms with van der Waals surface area (Å²) in [6.45, 7) is 0. The third kappa shape index (κ3) is 0.181. The second kappa shape index (κ2) is 0.667. The Hall–Kier alpha value is 0. The molecule has 3 aliphatic rings. The molecule has 3 fully saturated rings. The molecule has 0 aromatic heterocycles. The lowest BCUT2D eigenvalue weighted by Gasteiger charge is -2.23. The molecule has 0 N–H and O–H groups in total. The van der Waals surface area contributed by atoms with Gasteiger partial charge in [-0.05, 0) is 42.9 Å². The Morgan fingerprint density at radius 3 is 2.14 bits per heavy atom. The fourth-order valence-electron chi connectivity index (χ4n) is 2.94. The molecule has 0 bridgehead atoms. The van der Waals surface area contributed by atoms with Gasteiger partial charge in [-0.1, -0.05) is 0 Å². The van der Waals surface area contributed by atoms with Gasteiger partial charge in [-0.25, -0.2) is 0 Å². The highest BCUT2D eigenvalue weighted by Gasteiger charge is 2.65. The van der Waals surface area contributed by atoms with E-state index in [4.69, 9.17) is 0 Å². The maximum Gasteiger partial charge on any atom is -0.0323 e. The second-order valence-corrected chi connectivity index (χ2v) is 3.48. The van der Waals surface area contributed by atoms with Gasteiger partial charge in [-0.3, -0.25) is 0 Å². The standard InChI is InChI=1S/C7H10/c1-2-5-6-3-4(1)7(5)6/h4-7H,1-3H2/t4-,5?,6?,7?/m0/s1. The van der Waals surface area contributed by atoms with Crippen LogP contribution in [0.4, 0.5) is 0 Å². The molecule has 0 nitrogen and oxygen atoms in total. The van der Waals surface area contributed by atoms with Gasteiger partial charge in [0.1, 0.15) is 0 Å². The van der Waals surface area contributed by atoms with E-state index in [0.29, 0.717) is 0 Å². The second-order valence-electron chi connectivity index (χ2n) is 3.48. The van der Waals surface area contributed by atoms with Crippen molar-refractivity contribution in [1.82, 2.24) is 0 Å². The van der Waals surface area contributed by atoms with Crippen LogP contribution in [0.2, 0.25) is 0 Å². The number of hydrogen-bond acceptors (Lipinski definition) is 0. The normalized spacial score (nSPS) is 72.0. The lowest BCUT2D eigenvalue weighted by molar-refractivity contribution is 0.270. The van der Waals surface area contributed by atoms with E-state index in [1.807, 2.05) is 0 Å². The van der Waals surface area contributed by atoms with Crippen LogP contribution < -0.4 is 0 Å². The molecule has 0 aromatic carbocycles. The van der Waals surface area contributed by atoms with Crippen molar-refractivity contribution >= 4 is 0 Å². The molecule has 0 spiro atoms. The zero-order valence-electron chi connectivity index (χ0n) is 4.43. The first-order chi connectivity index (χ1) is 3.47. The molecule has 0 aromatic rings. The van der Waals surface area contributed by atoms with Crippen molar-refractivity contribution in [3.05, 3.63) is 0 Å². The summed E-state index contributed by atoms with van der Waals surface area (Å²) in [6.07, 6.45) is 4.81. The van der Waals surface area contributed by atoms with Crippen LogP contribution in [-0.4, -0.2) is 0 Å². The van der Waals surface area contributed by atoms with E-state index in [9.17, 15) is 0 Å². The Kier molecular flexibility index (Phi) is 0.296. The molecule has 0 amide bonds. The summed E-state index contributed by atoms with van der Waals surface area (Å²) in [6, 6.07) is 0. The van der Waals surface area contributed by atoms with Crippen LogP contribution in [0.25, 0.3) is 0 Å². The van der Waals surface area contributed by atoms with E-state index in [-0.39, 0.29) is 0 Å². The minimum Gasteiger partial charge on any atom is -0.0499 e. The fourth-order valence-corrected chi connectivity index (χ4v) is 2.94. The monoisotopic (exact) mass is 94.1 g/mol. The Morgan fingerprint density at radius 1 is 1.00 bits per heavy atom. The Balaban J connectivity index is 2.07. The first-order valence-electron chi connectivity index (χ1n) is 3.47. The average Bonchev–Trinajstić information content (AvgIpc) is 2.02. The molecular formula is C7H10. The van der Waals surface area contributed by atoms with Crippen molar-refractivity contribution in [1.29, 1.82) is 0 Å². The molecule has 0 aliphatic heterocycles. The molecule has 3 unspecified atom stereocenters. The van der Waals surface area contributed by atoms with Gasteiger partial charge >= 0.3 is 0 Å². The van der Waals surface area contributed by atoms with Crippen LogP contribution in [-0.2, 0) is 0 Å². The topological polar surface area (TPSA) is 0 Å². The third-order valence-electron chi connectivity index (χ3n) is 3.39. The zero-order chi connectivity index (χ0) is 4.43. The van der Waals surface area contributed by atoms with Crippen LogP contribution >= 0.6 is 0 Å². The third-order valence-corrected chi connectivity index (χ3v) is 3.39. The molecule has 3 aliphatic carbocycles. The van der Waals surface area contributed by atoms with Crippen molar-refractivity contribution in [2.75, 3.05) is 0 Å². The molecule has 0 saturated heterocycles. The van der Waals surface area contributed by atoms with Gasteiger partial charge < -0.3 is 0 Å².